The van der Waals surface area contributed by atoms with Gasteiger partial charge in [0, 0.05) is 32.4 Å². The first-order chi connectivity index (χ1) is 17.9. The molecule has 3 aromatic rings. The fourth-order valence-electron chi connectivity index (χ4n) is 4.41. The minimum atomic E-state index is -0.990. The monoisotopic (exact) mass is 507 g/mol. The number of nitrogens with one attached hydrogen (secondary N) is 1. The van der Waals surface area contributed by atoms with E-state index in [0.717, 1.165) is 12.1 Å². The molecule has 0 aliphatic carbocycles. The molecular weight excluding hydrogens is 480 g/mol. The number of hydrogen-bond donors (Lipinski definition) is 1. The second kappa shape index (κ2) is 11.2. The van der Waals surface area contributed by atoms with Gasteiger partial charge in [-0.05, 0) is 54.4 Å². The maximum absolute atomic E-state index is 13.8. The largest absolute Gasteiger partial charge is 0.493 e. The third kappa shape index (κ3) is 5.30. The molecule has 0 saturated carbocycles. The maximum Gasteiger partial charge on any atom is 0.257 e. The van der Waals surface area contributed by atoms with Crippen LogP contribution in [0.3, 0.4) is 0 Å². The first-order valence-electron chi connectivity index (χ1n) is 11.9. The standard InChI is InChI=1S/C28H27F2N3O4/c1-3-37-26-7-5-4-6-21(26)27(35)32-12-13-33(20(16-32)17-34)28(36)22-14-18(9-11-25(22)31-2)19-8-10-23(29)24(30)15-19/h4-11,14-15,17,20,31H,3,12-13,16H2,1-2H3. The fraction of sp³-hybridized carbons (Fsp3) is 0.250. The predicted octanol–water partition coefficient (Wildman–Crippen LogP) is 4.24. The van der Waals surface area contributed by atoms with E-state index in [1.807, 2.05) is 6.92 Å². The highest BCUT2D eigenvalue weighted by atomic mass is 19.2. The van der Waals surface area contributed by atoms with Crippen LogP contribution in [0.2, 0.25) is 0 Å². The van der Waals surface area contributed by atoms with Crippen LogP contribution in [-0.2, 0) is 4.79 Å². The van der Waals surface area contributed by atoms with Gasteiger partial charge in [0.2, 0.25) is 0 Å². The Bertz CT molecular complexity index is 1330. The number of benzene rings is 3. The van der Waals surface area contributed by atoms with Crippen LogP contribution in [0.15, 0.2) is 60.7 Å². The number of para-hydroxylation sites is 1. The lowest BCUT2D eigenvalue weighted by molar-refractivity contribution is -0.113. The van der Waals surface area contributed by atoms with E-state index in [4.69, 9.17) is 4.74 Å². The van der Waals surface area contributed by atoms with Crippen molar-refractivity contribution in [1.29, 1.82) is 0 Å². The van der Waals surface area contributed by atoms with Crippen LogP contribution in [0.5, 0.6) is 5.75 Å². The quantitative estimate of drug-likeness (QED) is 0.484. The van der Waals surface area contributed by atoms with E-state index >= 15 is 0 Å². The molecule has 1 saturated heterocycles. The van der Waals surface area contributed by atoms with Gasteiger partial charge < -0.3 is 24.6 Å². The molecule has 1 atom stereocenters. The van der Waals surface area contributed by atoms with Crippen LogP contribution in [0.4, 0.5) is 14.5 Å². The van der Waals surface area contributed by atoms with E-state index < -0.39 is 23.6 Å². The summed E-state index contributed by atoms with van der Waals surface area (Å²) in [6, 6.07) is 14.5. The molecule has 1 fully saturated rings. The molecule has 1 heterocycles. The van der Waals surface area contributed by atoms with Gasteiger partial charge in [-0.1, -0.05) is 24.3 Å². The van der Waals surface area contributed by atoms with Crippen LogP contribution in [0.25, 0.3) is 11.1 Å². The molecule has 7 nitrogen and oxygen atoms in total. The first kappa shape index (κ1) is 25.8. The van der Waals surface area contributed by atoms with Gasteiger partial charge in [0.15, 0.2) is 11.6 Å². The van der Waals surface area contributed by atoms with E-state index in [2.05, 4.69) is 5.32 Å². The minimum absolute atomic E-state index is 0.0340. The Balaban J connectivity index is 1.58. The van der Waals surface area contributed by atoms with Crippen molar-refractivity contribution < 1.29 is 27.9 Å². The van der Waals surface area contributed by atoms with Gasteiger partial charge in [0.05, 0.1) is 17.7 Å². The van der Waals surface area contributed by atoms with Gasteiger partial charge in [-0.25, -0.2) is 8.78 Å². The smallest absolute Gasteiger partial charge is 0.257 e. The Hall–Kier alpha value is -4.27. The summed E-state index contributed by atoms with van der Waals surface area (Å²) in [6.45, 7) is 2.64. The van der Waals surface area contributed by atoms with Gasteiger partial charge in [-0.3, -0.25) is 9.59 Å². The summed E-state index contributed by atoms with van der Waals surface area (Å²) < 4.78 is 32.8. The highest BCUT2D eigenvalue weighted by Crippen LogP contribution is 2.29. The number of carbonyl (C=O) groups is 3. The van der Waals surface area contributed by atoms with Gasteiger partial charge >= 0.3 is 0 Å². The molecule has 3 aromatic carbocycles. The van der Waals surface area contributed by atoms with Crippen LogP contribution >= 0.6 is 0 Å². The number of piperazine rings is 1. The summed E-state index contributed by atoms with van der Waals surface area (Å²) in [5.74, 6) is -2.18. The van der Waals surface area contributed by atoms with Crippen molar-refractivity contribution in [1.82, 2.24) is 9.80 Å². The van der Waals surface area contributed by atoms with Crippen molar-refractivity contribution in [2.75, 3.05) is 38.6 Å². The van der Waals surface area contributed by atoms with Crippen molar-refractivity contribution in [3.8, 4) is 16.9 Å². The topological polar surface area (TPSA) is 79.0 Å². The molecule has 0 radical (unpaired) electrons. The number of halogens is 2. The molecule has 0 bridgehead atoms. The zero-order chi connectivity index (χ0) is 26.5. The summed E-state index contributed by atoms with van der Waals surface area (Å²) in [7, 11) is 1.66. The van der Waals surface area contributed by atoms with Crippen molar-refractivity contribution in [2.24, 2.45) is 0 Å². The van der Waals surface area contributed by atoms with E-state index in [-0.39, 0.29) is 31.1 Å². The lowest BCUT2D eigenvalue weighted by Gasteiger charge is -2.39. The fourth-order valence-corrected chi connectivity index (χ4v) is 4.41. The van der Waals surface area contributed by atoms with Crippen LogP contribution in [-0.4, -0.2) is 67.2 Å². The Morgan fingerprint density at radius 2 is 1.70 bits per heavy atom. The SMILES string of the molecule is CCOc1ccccc1C(=O)N1CCN(C(=O)c2cc(-c3ccc(F)c(F)c3)ccc2NC)C(C=O)C1. The Morgan fingerprint density at radius 1 is 0.973 bits per heavy atom. The van der Waals surface area contributed by atoms with Gasteiger partial charge in [-0.2, -0.15) is 0 Å². The minimum Gasteiger partial charge on any atom is -0.493 e. The van der Waals surface area contributed by atoms with E-state index in [1.165, 1.54) is 15.9 Å². The lowest BCUT2D eigenvalue weighted by atomic mass is 10.00. The number of carbonyl (C=O) groups excluding carboxylic acids is 3. The molecule has 1 N–H and O–H groups in total. The van der Waals surface area contributed by atoms with Crippen LogP contribution < -0.4 is 10.1 Å². The Labute approximate surface area is 213 Å². The molecule has 0 spiro atoms. The van der Waals surface area contributed by atoms with Gasteiger partial charge in [0.1, 0.15) is 18.1 Å². The molecule has 37 heavy (non-hydrogen) atoms. The summed E-state index contributed by atoms with van der Waals surface area (Å²) in [4.78, 5) is 41.8. The summed E-state index contributed by atoms with van der Waals surface area (Å²) >= 11 is 0. The summed E-state index contributed by atoms with van der Waals surface area (Å²) in [5, 5.41) is 2.97. The summed E-state index contributed by atoms with van der Waals surface area (Å²) in [5.41, 5.74) is 2.12. The van der Waals surface area contributed by atoms with Crippen molar-refractivity contribution in [3.63, 3.8) is 0 Å². The third-order valence-corrected chi connectivity index (χ3v) is 6.31. The average molecular weight is 508 g/mol. The predicted molar refractivity (Wildman–Crippen MR) is 136 cm³/mol. The Kier molecular flexibility index (Phi) is 7.81. The molecule has 1 aliphatic rings. The highest BCUT2D eigenvalue weighted by Gasteiger charge is 2.34. The average Bonchev–Trinajstić information content (AvgIpc) is 2.93. The maximum atomic E-state index is 13.8. The van der Waals surface area contributed by atoms with E-state index in [0.29, 0.717) is 41.0 Å². The van der Waals surface area contributed by atoms with Crippen molar-refractivity contribution in [2.45, 2.75) is 13.0 Å². The second-order valence-electron chi connectivity index (χ2n) is 8.52. The number of anilines is 1. The molecule has 1 unspecified atom stereocenters. The van der Waals surface area contributed by atoms with E-state index in [1.54, 1.807) is 49.5 Å². The van der Waals surface area contributed by atoms with Crippen molar-refractivity contribution >= 4 is 23.8 Å². The van der Waals surface area contributed by atoms with Gasteiger partial charge in [-0.15, -0.1) is 0 Å². The number of ether oxygens (including phenoxy) is 1. The van der Waals surface area contributed by atoms with Crippen molar-refractivity contribution in [3.05, 3.63) is 83.4 Å². The zero-order valence-corrected chi connectivity index (χ0v) is 20.5. The highest BCUT2D eigenvalue weighted by molar-refractivity contribution is 6.02. The molecule has 192 valence electrons. The number of aldehydes is 1. The normalized spacial score (nSPS) is 15.3. The van der Waals surface area contributed by atoms with E-state index in [9.17, 15) is 23.2 Å². The molecular formula is C28H27F2N3O4. The molecule has 1 aliphatic heterocycles. The van der Waals surface area contributed by atoms with Crippen LogP contribution in [0, 0.1) is 11.6 Å². The summed E-state index contributed by atoms with van der Waals surface area (Å²) in [6.07, 6.45) is 0.657. The molecule has 0 aromatic heterocycles. The molecule has 9 heteroatoms. The Morgan fingerprint density at radius 3 is 2.41 bits per heavy atom. The lowest BCUT2D eigenvalue weighted by Crippen LogP contribution is -2.57. The number of amides is 2. The van der Waals surface area contributed by atoms with Gasteiger partial charge in [0.25, 0.3) is 11.8 Å². The molecule has 2 amide bonds. The zero-order valence-electron chi connectivity index (χ0n) is 20.5. The number of hydrogen-bond acceptors (Lipinski definition) is 5. The number of rotatable bonds is 7. The number of nitrogens with zero attached hydrogens (tertiary/aromatic N) is 2. The second-order valence-corrected chi connectivity index (χ2v) is 8.52. The third-order valence-electron chi connectivity index (χ3n) is 6.31. The molecule has 4 rings (SSSR count). The van der Waals surface area contributed by atoms with Crippen LogP contribution in [0.1, 0.15) is 27.6 Å². The first-order valence-corrected chi connectivity index (χ1v) is 11.9.